The van der Waals surface area contributed by atoms with Crippen LogP contribution in [0.2, 0.25) is 0 Å². The highest BCUT2D eigenvalue weighted by Crippen LogP contribution is 2.43. The number of aliphatic hydroxyl groups excluding tert-OH is 1. The molecule has 0 spiro atoms. The van der Waals surface area contributed by atoms with Gasteiger partial charge in [-0.05, 0) is 48.1 Å². The number of aromatic nitrogens is 1. The van der Waals surface area contributed by atoms with E-state index in [0.29, 0.717) is 40.1 Å². The molecule has 3 heterocycles. The first-order valence-corrected chi connectivity index (χ1v) is 9.52. The van der Waals surface area contributed by atoms with Crippen molar-refractivity contribution >= 4 is 10.8 Å². The standard InChI is InChI=1S/C22H21NO6/c1-26-16-6-5-13-15(10-24)20-14-9-18-17(28-11-29-18)8-12(14)4-3-7-23(20)22(25)19(13)21(16)27-2/h5-6,8-9,24H,3-4,7,10-11H2,1-2H3. The molecule has 7 heteroatoms. The van der Waals surface area contributed by atoms with Gasteiger partial charge >= 0.3 is 0 Å². The number of aliphatic hydroxyl groups is 1. The minimum absolute atomic E-state index is 0.159. The van der Waals surface area contributed by atoms with Crippen LogP contribution >= 0.6 is 0 Å². The number of benzene rings is 2. The normalized spacial score (nSPS) is 14.3. The van der Waals surface area contributed by atoms with Crippen molar-refractivity contribution in [3.8, 4) is 34.3 Å². The molecule has 0 fully saturated rings. The van der Waals surface area contributed by atoms with Crippen LogP contribution in [0.15, 0.2) is 29.1 Å². The van der Waals surface area contributed by atoms with Crippen molar-refractivity contribution in [1.29, 1.82) is 0 Å². The Morgan fingerprint density at radius 2 is 1.93 bits per heavy atom. The molecule has 7 nitrogen and oxygen atoms in total. The van der Waals surface area contributed by atoms with Crippen molar-refractivity contribution in [3.05, 3.63) is 45.7 Å². The van der Waals surface area contributed by atoms with Crippen LogP contribution in [-0.2, 0) is 19.6 Å². The summed E-state index contributed by atoms with van der Waals surface area (Å²) in [6, 6.07) is 7.47. The summed E-state index contributed by atoms with van der Waals surface area (Å²) in [5, 5.41) is 11.4. The number of hydrogen-bond donors (Lipinski definition) is 1. The third-order valence-electron chi connectivity index (χ3n) is 5.72. The molecule has 5 rings (SSSR count). The first-order valence-electron chi connectivity index (χ1n) is 9.52. The first-order chi connectivity index (χ1) is 14.2. The summed E-state index contributed by atoms with van der Waals surface area (Å²) in [7, 11) is 3.05. The highest BCUT2D eigenvalue weighted by atomic mass is 16.7. The summed E-state index contributed by atoms with van der Waals surface area (Å²) >= 11 is 0. The molecule has 0 saturated heterocycles. The molecule has 0 saturated carbocycles. The first kappa shape index (κ1) is 17.9. The summed E-state index contributed by atoms with van der Waals surface area (Å²) in [4.78, 5) is 13.6. The Labute approximate surface area is 167 Å². The fourth-order valence-corrected chi connectivity index (χ4v) is 4.44. The number of methoxy groups -OCH3 is 2. The van der Waals surface area contributed by atoms with Gasteiger partial charge in [0.1, 0.15) is 0 Å². The molecule has 0 bridgehead atoms. The maximum Gasteiger partial charge on any atom is 0.262 e. The van der Waals surface area contributed by atoms with Gasteiger partial charge in [0.2, 0.25) is 6.79 Å². The third-order valence-corrected chi connectivity index (χ3v) is 5.72. The topological polar surface area (TPSA) is 79.2 Å². The summed E-state index contributed by atoms with van der Waals surface area (Å²) in [6.45, 7) is 0.514. The number of nitrogens with zero attached hydrogens (tertiary/aromatic N) is 1. The molecule has 0 unspecified atom stereocenters. The largest absolute Gasteiger partial charge is 0.493 e. The number of rotatable bonds is 3. The molecule has 29 heavy (non-hydrogen) atoms. The molecule has 0 radical (unpaired) electrons. The second-order valence-electron chi connectivity index (χ2n) is 7.13. The minimum Gasteiger partial charge on any atom is -0.493 e. The number of fused-ring (bicyclic) bond motifs is 5. The van der Waals surface area contributed by atoms with Gasteiger partial charge in [-0.15, -0.1) is 0 Å². The lowest BCUT2D eigenvalue weighted by Gasteiger charge is -2.20. The Balaban J connectivity index is 1.92. The lowest BCUT2D eigenvalue weighted by molar-refractivity contribution is 0.174. The van der Waals surface area contributed by atoms with Gasteiger partial charge in [-0.3, -0.25) is 4.79 Å². The fourth-order valence-electron chi connectivity index (χ4n) is 4.44. The molecule has 2 aromatic carbocycles. The lowest BCUT2D eigenvalue weighted by Crippen LogP contribution is -2.24. The van der Waals surface area contributed by atoms with Crippen molar-refractivity contribution in [1.82, 2.24) is 4.57 Å². The maximum atomic E-state index is 13.6. The third kappa shape index (κ3) is 2.50. The number of aryl methyl sites for hydroxylation is 1. The van der Waals surface area contributed by atoms with Crippen LogP contribution in [-0.4, -0.2) is 30.7 Å². The average molecular weight is 395 g/mol. The fraction of sp³-hybridized carbons (Fsp3) is 0.318. The van der Waals surface area contributed by atoms with E-state index < -0.39 is 0 Å². The number of hydrogen-bond acceptors (Lipinski definition) is 6. The van der Waals surface area contributed by atoms with Gasteiger partial charge in [-0.25, -0.2) is 0 Å². The Hall–Kier alpha value is -3.19. The van der Waals surface area contributed by atoms with E-state index in [9.17, 15) is 9.90 Å². The van der Waals surface area contributed by atoms with Crippen molar-refractivity contribution in [2.75, 3.05) is 21.0 Å². The highest BCUT2D eigenvalue weighted by molar-refractivity contribution is 5.96. The molecule has 0 aliphatic carbocycles. The van der Waals surface area contributed by atoms with Gasteiger partial charge in [0.05, 0.1) is 31.9 Å². The van der Waals surface area contributed by atoms with Crippen molar-refractivity contribution in [3.63, 3.8) is 0 Å². The van der Waals surface area contributed by atoms with E-state index in [0.717, 1.165) is 35.4 Å². The molecular formula is C22H21NO6. The van der Waals surface area contributed by atoms with Crippen LogP contribution in [0.25, 0.3) is 22.0 Å². The van der Waals surface area contributed by atoms with E-state index in [1.165, 1.54) is 14.2 Å². The van der Waals surface area contributed by atoms with Crippen LogP contribution < -0.4 is 24.5 Å². The summed E-state index contributed by atoms with van der Waals surface area (Å²) in [6.07, 6.45) is 1.59. The van der Waals surface area contributed by atoms with E-state index in [1.807, 2.05) is 18.2 Å². The summed E-state index contributed by atoms with van der Waals surface area (Å²) in [5.74, 6) is 2.24. The van der Waals surface area contributed by atoms with Crippen molar-refractivity contribution in [2.24, 2.45) is 0 Å². The SMILES string of the molecule is COc1ccc2c(CO)c3n(c(=O)c2c1OC)CCCc1cc2c(cc1-3)OCO2. The monoisotopic (exact) mass is 395 g/mol. The van der Waals surface area contributed by atoms with Crippen LogP contribution in [0.5, 0.6) is 23.0 Å². The van der Waals surface area contributed by atoms with Gasteiger partial charge in [-0.2, -0.15) is 0 Å². The second kappa shape index (κ2) is 6.70. The van der Waals surface area contributed by atoms with Crippen LogP contribution in [0.3, 0.4) is 0 Å². The molecule has 1 aromatic heterocycles. The lowest BCUT2D eigenvalue weighted by atomic mass is 9.95. The van der Waals surface area contributed by atoms with Crippen LogP contribution in [0.1, 0.15) is 17.5 Å². The van der Waals surface area contributed by atoms with Gasteiger partial charge in [0.25, 0.3) is 5.56 Å². The maximum absolute atomic E-state index is 13.6. The van der Waals surface area contributed by atoms with Crippen LogP contribution in [0, 0.1) is 0 Å². The molecule has 0 amide bonds. The molecule has 1 N–H and O–H groups in total. The number of ether oxygens (including phenoxy) is 4. The Morgan fingerprint density at radius 1 is 1.14 bits per heavy atom. The van der Waals surface area contributed by atoms with Crippen LogP contribution in [0.4, 0.5) is 0 Å². The zero-order valence-electron chi connectivity index (χ0n) is 16.3. The molecule has 0 atom stereocenters. The summed E-state index contributed by atoms with van der Waals surface area (Å²) in [5.41, 5.74) is 3.22. The van der Waals surface area contributed by atoms with Crippen molar-refractivity contribution < 1.29 is 24.1 Å². The number of pyridine rings is 1. The molecule has 2 aliphatic heterocycles. The van der Waals surface area contributed by atoms with Crippen molar-refractivity contribution in [2.45, 2.75) is 26.0 Å². The smallest absolute Gasteiger partial charge is 0.262 e. The van der Waals surface area contributed by atoms with E-state index in [4.69, 9.17) is 18.9 Å². The van der Waals surface area contributed by atoms with E-state index in [1.54, 1.807) is 10.6 Å². The Kier molecular flexibility index (Phi) is 4.13. The predicted octanol–water partition coefficient (Wildman–Crippen LogP) is 2.85. The summed E-state index contributed by atoms with van der Waals surface area (Å²) < 4.78 is 23.7. The predicted molar refractivity (Wildman–Crippen MR) is 107 cm³/mol. The average Bonchev–Trinajstić information content (AvgIpc) is 3.12. The zero-order valence-corrected chi connectivity index (χ0v) is 16.3. The zero-order chi connectivity index (χ0) is 20.1. The second-order valence-corrected chi connectivity index (χ2v) is 7.13. The molecule has 2 aliphatic rings. The van der Waals surface area contributed by atoms with Gasteiger partial charge < -0.3 is 28.6 Å². The van der Waals surface area contributed by atoms with Gasteiger partial charge in [0.15, 0.2) is 23.0 Å². The van der Waals surface area contributed by atoms with E-state index >= 15 is 0 Å². The minimum atomic E-state index is -0.213. The quantitative estimate of drug-likeness (QED) is 0.735. The van der Waals surface area contributed by atoms with Gasteiger partial charge in [0, 0.05) is 17.7 Å². The molecular weight excluding hydrogens is 374 g/mol. The van der Waals surface area contributed by atoms with E-state index in [-0.39, 0.29) is 19.0 Å². The Bertz CT molecular complexity index is 1200. The van der Waals surface area contributed by atoms with E-state index in [2.05, 4.69) is 0 Å². The highest BCUT2D eigenvalue weighted by Gasteiger charge is 2.27. The molecule has 150 valence electrons. The van der Waals surface area contributed by atoms with Gasteiger partial charge in [-0.1, -0.05) is 0 Å². The Morgan fingerprint density at radius 3 is 2.66 bits per heavy atom. The molecule has 3 aromatic rings.